The van der Waals surface area contributed by atoms with Gasteiger partial charge in [-0.05, 0) is 29.3 Å². The summed E-state index contributed by atoms with van der Waals surface area (Å²) in [6.07, 6.45) is 4.95. The molecule has 0 aliphatic heterocycles. The van der Waals surface area contributed by atoms with E-state index in [-0.39, 0.29) is 11.4 Å². The molecule has 4 nitrogen and oxygen atoms in total. The molecule has 0 saturated heterocycles. The number of benzene rings is 1. The Labute approximate surface area is 140 Å². The number of nitrogens with zero attached hydrogens (tertiary/aromatic N) is 3. The van der Waals surface area contributed by atoms with Gasteiger partial charge in [-0.1, -0.05) is 18.2 Å². The lowest BCUT2D eigenvalue weighted by molar-refractivity contribution is 0.628. The van der Waals surface area contributed by atoms with Gasteiger partial charge in [-0.3, -0.25) is 14.3 Å². The van der Waals surface area contributed by atoms with Gasteiger partial charge >= 0.3 is 0 Å². The maximum absolute atomic E-state index is 13.5. The molecule has 118 valence electrons. The number of hydrogen-bond donors (Lipinski definition) is 0. The van der Waals surface area contributed by atoms with Crippen LogP contribution in [0.25, 0.3) is 21.3 Å². The molecule has 3 aromatic heterocycles. The van der Waals surface area contributed by atoms with Crippen LogP contribution >= 0.6 is 11.3 Å². The lowest BCUT2D eigenvalue weighted by Crippen LogP contribution is -2.20. The standard InChI is InChI=1S/C18H12FN3OS/c19-14-5-1-4-13(7-14)15-10-24-17-16(15)21-11-22(18(17)23)9-12-3-2-6-20-8-12/h1-8,10-11H,9H2. The third kappa shape index (κ3) is 2.61. The van der Waals surface area contributed by atoms with E-state index >= 15 is 0 Å². The lowest BCUT2D eigenvalue weighted by atomic mass is 10.1. The van der Waals surface area contributed by atoms with Crippen LogP contribution in [-0.4, -0.2) is 14.5 Å². The Hall–Kier alpha value is -2.86. The first kappa shape index (κ1) is 14.7. The van der Waals surface area contributed by atoms with Gasteiger partial charge in [0.05, 0.1) is 18.4 Å². The summed E-state index contributed by atoms with van der Waals surface area (Å²) < 4.78 is 15.6. The Morgan fingerprint density at radius 1 is 1.21 bits per heavy atom. The zero-order chi connectivity index (χ0) is 16.5. The fourth-order valence-corrected chi connectivity index (χ4v) is 3.58. The summed E-state index contributed by atoms with van der Waals surface area (Å²) in [6.45, 7) is 0.419. The molecule has 6 heteroatoms. The highest BCUT2D eigenvalue weighted by Crippen LogP contribution is 2.30. The minimum Gasteiger partial charge on any atom is -0.293 e. The summed E-state index contributed by atoms with van der Waals surface area (Å²) in [4.78, 5) is 21.2. The molecular formula is C18H12FN3OS. The van der Waals surface area contributed by atoms with E-state index in [9.17, 15) is 9.18 Å². The van der Waals surface area contributed by atoms with E-state index < -0.39 is 0 Å². The second kappa shape index (κ2) is 5.98. The zero-order valence-electron chi connectivity index (χ0n) is 12.5. The summed E-state index contributed by atoms with van der Waals surface area (Å²) in [6, 6.07) is 10.1. The van der Waals surface area contributed by atoms with Crippen LogP contribution in [0.3, 0.4) is 0 Å². The molecule has 4 aromatic rings. The molecule has 0 spiro atoms. The Balaban J connectivity index is 1.80. The molecule has 0 N–H and O–H groups in total. The Kier molecular flexibility index (Phi) is 3.66. The van der Waals surface area contributed by atoms with Crippen molar-refractivity contribution in [2.45, 2.75) is 6.54 Å². The van der Waals surface area contributed by atoms with Gasteiger partial charge in [0.15, 0.2) is 0 Å². The van der Waals surface area contributed by atoms with Crippen molar-refractivity contribution >= 4 is 21.6 Å². The molecule has 4 rings (SSSR count). The summed E-state index contributed by atoms with van der Waals surface area (Å²) >= 11 is 1.33. The summed E-state index contributed by atoms with van der Waals surface area (Å²) in [7, 11) is 0. The summed E-state index contributed by atoms with van der Waals surface area (Å²) in [5.74, 6) is -0.309. The Morgan fingerprint density at radius 3 is 2.92 bits per heavy atom. The van der Waals surface area contributed by atoms with Crippen molar-refractivity contribution in [3.63, 3.8) is 0 Å². The molecule has 3 heterocycles. The first-order valence-electron chi connectivity index (χ1n) is 7.34. The highest BCUT2D eigenvalue weighted by Gasteiger charge is 2.13. The number of aromatic nitrogens is 3. The van der Waals surface area contributed by atoms with Crippen LogP contribution in [0, 0.1) is 5.82 Å². The second-order valence-corrected chi connectivity index (χ2v) is 6.26. The van der Waals surface area contributed by atoms with Crippen molar-refractivity contribution in [2.24, 2.45) is 0 Å². The molecule has 0 fully saturated rings. The molecule has 0 saturated carbocycles. The maximum atomic E-state index is 13.5. The van der Waals surface area contributed by atoms with Crippen molar-refractivity contribution in [3.05, 3.63) is 82.2 Å². The van der Waals surface area contributed by atoms with Crippen LogP contribution in [0.1, 0.15) is 5.56 Å². The smallest absolute Gasteiger partial charge is 0.271 e. The predicted molar refractivity (Wildman–Crippen MR) is 92.6 cm³/mol. The fraction of sp³-hybridized carbons (Fsp3) is 0.0556. The van der Waals surface area contributed by atoms with Gasteiger partial charge in [0.2, 0.25) is 0 Å². The molecule has 24 heavy (non-hydrogen) atoms. The van der Waals surface area contributed by atoms with Gasteiger partial charge in [-0.15, -0.1) is 11.3 Å². The van der Waals surface area contributed by atoms with E-state index in [1.54, 1.807) is 23.0 Å². The van der Waals surface area contributed by atoms with E-state index in [1.165, 1.54) is 29.8 Å². The van der Waals surface area contributed by atoms with Gasteiger partial charge in [0.1, 0.15) is 10.5 Å². The number of hydrogen-bond acceptors (Lipinski definition) is 4. The molecule has 0 radical (unpaired) electrons. The van der Waals surface area contributed by atoms with Crippen LogP contribution < -0.4 is 5.56 Å². The largest absolute Gasteiger partial charge is 0.293 e. The molecule has 0 amide bonds. The highest BCUT2D eigenvalue weighted by atomic mass is 32.1. The summed E-state index contributed by atoms with van der Waals surface area (Å²) in [5, 5.41) is 1.85. The number of halogens is 1. The molecule has 0 atom stereocenters. The third-order valence-electron chi connectivity index (χ3n) is 3.76. The fourth-order valence-electron chi connectivity index (χ4n) is 2.60. The van der Waals surface area contributed by atoms with Gasteiger partial charge < -0.3 is 0 Å². The van der Waals surface area contributed by atoms with E-state index in [0.717, 1.165) is 16.7 Å². The number of pyridine rings is 1. The average molecular weight is 337 g/mol. The lowest BCUT2D eigenvalue weighted by Gasteiger charge is -2.05. The molecule has 1 aromatic carbocycles. The van der Waals surface area contributed by atoms with Crippen LogP contribution in [0.15, 0.2) is 65.3 Å². The molecule has 0 bridgehead atoms. The predicted octanol–water partition coefficient (Wildman–Crippen LogP) is 3.71. The van der Waals surface area contributed by atoms with Crippen molar-refractivity contribution < 1.29 is 4.39 Å². The highest BCUT2D eigenvalue weighted by molar-refractivity contribution is 7.17. The van der Waals surface area contributed by atoms with Crippen LogP contribution in [0.4, 0.5) is 4.39 Å². The summed E-state index contributed by atoms with van der Waals surface area (Å²) in [5.41, 5.74) is 2.94. The second-order valence-electron chi connectivity index (χ2n) is 5.38. The van der Waals surface area contributed by atoms with Crippen molar-refractivity contribution in [1.29, 1.82) is 0 Å². The van der Waals surface area contributed by atoms with Gasteiger partial charge in [0.25, 0.3) is 5.56 Å². The first-order chi connectivity index (χ1) is 11.7. The normalized spacial score (nSPS) is 11.0. The number of thiophene rings is 1. The molecule has 0 unspecified atom stereocenters. The number of fused-ring (bicyclic) bond motifs is 1. The molecular weight excluding hydrogens is 325 g/mol. The van der Waals surface area contributed by atoms with Gasteiger partial charge in [-0.25, -0.2) is 9.37 Å². The van der Waals surface area contributed by atoms with E-state index in [1.807, 2.05) is 23.6 Å². The number of rotatable bonds is 3. The SMILES string of the molecule is O=c1c2scc(-c3cccc(F)c3)c2ncn1Cc1cccnc1. The minimum absolute atomic E-state index is 0.100. The first-order valence-corrected chi connectivity index (χ1v) is 8.22. The van der Waals surface area contributed by atoms with E-state index in [2.05, 4.69) is 9.97 Å². The van der Waals surface area contributed by atoms with Crippen molar-refractivity contribution in [2.75, 3.05) is 0 Å². The van der Waals surface area contributed by atoms with Crippen molar-refractivity contribution in [1.82, 2.24) is 14.5 Å². The third-order valence-corrected chi connectivity index (χ3v) is 4.71. The molecule has 0 aliphatic rings. The van der Waals surface area contributed by atoms with E-state index in [0.29, 0.717) is 16.8 Å². The molecule has 0 aliphatic carbocycles. The Bertz CT molecular complexity index is 1070. The van der Waals surface area contributed by atoms with Crippen molar-refractivity contribution in [3.8, 4) is 11.1 Å². The maximum Gasteiger partial charge on any atom is 0.271 e. The quantitative estimate of drug-likeness (QED) is 0.573. The Morgan fingerprint density at radius 2 is 2.12 bits per heavy atom. The van der Waals surface area contributed by atoms with E-state index in [4.69, 9.17) is 0 Å². The van der Waals surface area contributed by atoms with Gasteiger partial charge in [-0.2, -0.15) is 0 Å². The van der Waals surface area contributed by atoms with Crippen LogP contribution in [-0.2, 0) is 6.54 Å². The minimum atomic E-state index is -0.309. The topological polar surface area (TPSA) is 47.8 Å². The monoisotopic (exact) mass is 337 g/mol. The average Bonchev–Trinajstić information content (AvgIpc) is 3.03. The van der Waals surface area contributed by atoms with Crippen LogP contribution in [0.5, 0.6) is 0 Å². The zero-order valence-corrected chi connectivity index (χ0v) is 13.3. The van der Waals surface area contributed by atoms with Crippen LogP contribution in [0.2, 0.25) is 0 Å². The van der Waals surface area contributed by atoms with Gasteiger partial charge in [0, 0.05) is 23.3 Å².